The van der Waals surface area contributed by atoms with E-state index < -0.39 is 0 Å². The van der Waals surface area contributed by atoms with Crippen LogP contribution in [0.5, 0.6) is 0 Å². The summed E-state index contributed by atoms with van der Waals surface area (Å²) < 4.78 is 0. The van der Waals surface area contributed by atoms with Gasteiger partial charge in [0, 0.05) is 11.1 Å². The molecular formula is C20H25N5OS2. The predicted octanol–water partition coefficient (Wildman–Crippen LogP) is 4.83. The highest BCUT2D eigenvalue weighted by Crippen LogP contribution is 2.42. The van der Waals surface area contributed by atoms with E-state index in [1.54, 1.807) is 0 Å². The smallest absolute Gasteiger partial charge is 0.269 e. The van der Waals surface area contributed by atoms with Crippen LogP contribution in [0, 0.1) is 18.3 Å². The van der Waals surface area contributed by atoms with Crippen molar-refractivity contribution in [2.24, 2.45) is 11.3 Å². The quantitative estimate of drug-likeness (QED) is 0.636. The van der Waals surface area contributed by atoms with Crippen molar-refractivity contribution >= 4 is 49.6 Å². The second kappa shape index (κ2) is 7.08. The van der Waals surface area contributed by atoms with Crippen molar-refractivity contribution in [3.63, 3.8) is 0 Å². The third-order valence-electron chi connectivity index (χ3n) is 6.05. The fraction of sp³-hybridized carbons (Fsp3) is 0.500. The molecule has 0 spiro atoms. The number of aromatic nitrogens is 3. The number of carbonyl (C=O) groups excluding carboxylic acids is 1. The number of fused-ring (bicyclic) bond motifs is 2. The first-order chi connectivity index (χ1) is 13.3. The molecule has 4 rings (SSSR count). The van der Waals surface area contributed by atoms with E-state index in [9.17, 15) is 4.79 Å². The second-order valence-electron chi connectivity index (χ2n) is 8.15. The minimum Gasteiger partial charge on any atom is -0.397 e. The molecule has 3 N–H and O–H groups in total. The van der Waals surface area contributed by atoms with Crippen molar-refractivity contribution in [3.8, 4) is 0 Å². The molecular weight excluding hydrogens is 390 g/mol. The Hall–Kier alpha value is -2.06. The van der Waals surface area contributed by atoms with Gasteiger partial charge in [-0.3, -0.25) is 10.1 Å². The number of carbonyl (C=O) groups is 1. The lowest BCUT2D eigenvalue weighted by atomic mass is 9.69. The maximum Gasteiger partial charge on any atom is 0.269 e. The Balaban J connectivity index is 1.66. The van der Waals surface area contributed by atoms with Crippen LogP contribution in [0.3, 0.4) is 0 Å². The monoisotopic (exact) mass is 415 g/mol. The molecule has 0 aliphatic heterocycles. The molecule has 0 saturated heterocycles. The standard InChI is InChI=1S/C20H25N5OS2/c1-5-20(3,4)12-6-7-14-11(8-12)9-13-15(21)16(28-18(13)22-14)17(26)23-19-25-24-10(2)27-19/h9,12H,5-8,21H2,1-4H3,(H,23,25,26). The van der Waals surface area contributed by atoms with Crippen molar-refractivity contribution in [2.45, 2.75) is 53.4 Å². The molecule has 0 aromatic carbocycles. The Morgan fingerprint density at radius 3 is 2.82 bits per heavy atom. The summed E-state index contributed by atoms with van der Waals surface area (Å²) in [5, 5.41) is 12.8. The maximum atomic E-state index is 12.7. The zero-order valence-electron chi connectivity index (χ0n) is 16.6. The third kappa shape index (κ3) is 3.39. The Morgan fingerprint density at radius 1 is 1.36 bits per heavy atom. The molecule has 6 nitrogen and oxygen atoms in total. The second-order valence-corrected chi connectivity index (χ2v) is 10.3. The lowest BCUT2D eigenvalue weighted by molar-refractivity contribution is 0.103. The predicted molar refractivity (Wildman–Crippen MR) is 116 cm³/mol. The number of nitrogens with one attached hydrogen (secondary N) is 1. The molecule has 0 saturated carbocycles. The molecule has 28 heavy (non-hydrogen) atoms. The van der Waals surface area contributed by atoms with E-state index in [0.717, 1.165) is 40.2 Å². The van der Waals surface area contributed by atoms with Crippen molar-refractivity contribution in [3.05, 3.63) is 27.2 Å². The SMILES string of the molecule is CCC(C)(C)C1CCc2nc3sc(C(=O)Nc4nnc(C)s4)c(N)c3cc2C1. The zero-order valence-corrected chi connectivity index (χ0v) is 18.3. The maximum absolute atomic E-state index is 12.7. The first kappa shape index (κ1) is 19.3. The van der Waals surface area contributed by atoms with Crippen molar-refractivity contribution in [2.75, 3.05) is 11.1 Å². The lowest BCUT2D eigenvalue weighted by Crippen LogP contribution is -2.29. The summed E-state index contributed by atoms with van der Waals surface area (Å²) in [6.07, 6.45) is 4.35. The molecule has 3 aromatic rings. The first-order valence-corrected chi connectivity index (χ1v) is 11.2. The highest BCUT2D eigenvalue weighted by Gasteiger charge is 2.32. The van der Waals surface area contributed by atoms with Crippen LogP contribution in [0.1, 0.15) is 59.5 Å². The van der Waals surface area contributed by atoms with Crippen LogP contribution in [-0.4, -0.2) is 21.1 Å². The van der Waals surface area contributed by atoms with E-state index >= 15 is 0 Å². The summed E-state index contributed by atoms with van der Waals surface area (Å²) in [5.41, 5.74) is 9.61. The van der Waals surface area contributed by atoms with Gasteiger partial charge >= 0.3 is 0 Å². The van der Waals surface area contributed by atoms with Gasteiger partial charge < -0.3 is 5.73 Å². The Bertz CT molecular complexity index is 1050. The van der Waals surface area contributed by atoms with Gasteiger partial charge in [0.05, 0.1) is 5.69 Å². The number of thiophene rings is 1. The zero-order chi connectivity index (χ0) is 20.1. The van der Waals surface area contributed by atoms with Crippen LogP contribution >= 0.6 is 22.7 Å². The molecule has 3 aromatic heterocycles. The van der Waals surface area contributed by atoms with Crippen LogP contribution in [0.2, 0.25) is 0 Å². The fourth-order valence-electron chi connectivity index (χ4n) is 3.82. The van der Waals surface area contributed by atoms with E-state index in [1.165, 1.54) is 34.7 Å². The van der Waals surface area contributed by atoms with Crippen molar-refractivity contribution in [1.82, 2.24) is 15.2 Å². The highest BCUT2D eigenvalue weighted by atomic mass is 32.1. The molecule has 0 radical (unpaired) electrons. The van der Waals surface area contributed by atoms with Gasteiger partial charge in [0.15, 0.2) is 0 Å². The summed E-state index contributed by atoms with van der Waals surface area (Å²) >= 11 is 2.69. The number of nitrogens with zero attached hydrogens (tertiary/aromatic N) is 3. The van der Waals surface area contributed by atoms with Gasteiger partial charge in [-0.05, 0) is 49.1 Å². The van der Waals surface area contributed by atoms with Gasteiger partial charge in [0.1, 0.15) is 14.7 Å². The van der Waals surface area contributed by atoms with E-state index in [-0.39, 0.29) is 5.91 Å². The molecule has 148 valence electrons. The molecule has 1 amide bonds. The molecule has 8 heteroatoms. The topological polar surface area (TPSA) is 93.8 Å². The summed E-state index contributed by atoms with van der Waals surface area (Å²) in [4.78, 5) is 18.9. The minimum atomic E-state index is -0.250. The molecule has 0 bridgehead atoms. The van der Waals surface area contributed by atoms with Crippen LogP contribution in [0.4, 0.5) is 10.8 Å². The van der Waals surface area contributed by atoms with Crippen LogP contribution in [0.15, 0.2) is 6.07 Å². The van der Waals surface area contributed by atoms with E-state index in [1.807, 2.05) is 6.92 Å². The first-order valence-electron chi connectivity index (χ1n) is 9.60. The Kier molecular flexibility index (Phi) is 4.87. The number of hydrogen-bond acceptors (Lipinski definition) is 7. The van der Waals surface area contributed by atoms with Crippen molar-refractivity contribution < 1.29 is 4.79 Å². The van der Waals surface area contributed by atoms with E-state index in [4.69, 9.17) is 10.7 Å². The number of nitrogens with two attached hydrogens (primary N) is 1. The lowest BCUT2D eigenvalue weighted by Gasteiger charge is -2.36. The Morgan fingerprint density at radius 2 is 2.14 bits per heavy atom. The van der Waals surface area contributed by atoms with E-state index in [0.29, 0.717) is 27.0 Å². The third-order valence-corrected chi connectivity index (χ3v) is 7.92. The largest absolute Gasteiger partial charge is 0.397 e. The van der Waals surface area contributed by atoms with Crippen LogP contribution in [0.25, 0.3) is 10.2 Å². The minimum absolute atomic E-state index is 0.250. The molecule has 1 unspecified atom stereocenters. The molecule has 1 atom stereocenters. The number of aryl methyl sites for hydroxylation is 2. The fourth-order valence-corrected chi connectivity index (χ4v) is 5.39. The van der Waals surface area contributed by atoms with E-state index in [2.05, 4.69) is 42.4 Å². The van der Waals surface area contributed by atoms with Gasteiger partial charge in [-0.25, -0.2) is 4.98 Å². The summed E-state index contributed by atoms with van der Waals surface area (Å²) in [6.45, 7) is 8.82. The average Bonchev–Trinajstić information content (AvgIpc) is 3.22. The normalized spacial score (nSPS) is 16.9. The summed E-state index contributed by atoms with van der Waals surface area (Å²) in [6, 6.07) is 2.16. The number of pyridine rings is 1. The Labute approximate surface area is 172 Å². The van der Waals surface area contributed by atoms with Gasteiger partial charge in [-0.15, -0.1) is 21.5 Å². The van der Waals surface area contributed by atoms with Crippen LogP contribution < -0.4 is 11.1 Å². The van der Waals surface area contributed by atoms with Crippen molar-refractivity contribution in [1.29, 1.82) is 0 Å². The molecule has 1 aliphatic rings. The number of rotatable bonds is 4. The summed E-state index contributed by atoms with van der Waals surface area (Å²) in [5.74, 6) is 0.395. The van der Waals surface area contributed by atoms with Gasteiger partial charge in [0.25, 0.3) is 5.91 Å². The summed E-state index contributed by atoms with van der Waals surface area (Å²) in [7, 11) is 0. The van der Waals surface area contributed by atoms with Crippen LogP contribution in [-0.2, 0) is 12.8 Å². The molecule has 1 aliphatic carbocycles. The molecule has 3 heterocycles. The number of nitrogen functional groups attached to an aromatic ring is 1. The van der Waals surface area contributed by atoms with Gasteiger partial charge in [0.2, 0.25) is 5.13 Å². The number of amides is 1. The number of anilines is 2. The van der Waals surface area contributed by atoms with Gasteiger partial charge in [-0.2, -0.15) is 0 Å². The highest BCUT2D eigenvalue weighted by molar-refractivity contribution is 7.21. The average molecular weight is 416 g/mol. The number of hydrogen-bond donors (Lipinski definition) is 2. The van der Waals surface area contributed by atoms with Gasteiger partial charge in [-0.1, -0.05) is 38.5 Å². The molecule has 0 fully saturated rings.